The number of halogens is 3. The summed E-state index contributed by atoms with van der Waals surface area (Å²) in [7, 11) is 1.61. The van der Waals surface area contributed by atoms with Crippen LogP contribution in [-0.4, -0.2) is 72.2 Å². The number of carbonyl (C=O) groups is 2. The van der Waals surface area contributed by atoms with Crippen molar-refractivity contribution in [3.63, 3.8) is 0 Å². The van der Waals surface area contributed by atoms with Gasteiger partial charge in [-0.25, -0.2) is 0 Å². The van der Waals surface area contributed by atoms with E-state index in [4.69, 9.17) is 14.2 Å². The third kappa shape index (κ3) is 5.99. The molecule has 0 aromatic heterocycles. The van der Waals surface area contributed by atoms with Crippen molar-refractivity contribution in [2.45, 2.75) is 88.3 Å². The van der Waals surface area contributed by atoms with Crippen LogP contribution in [0.15, 0.2) is 72.8 Å². The second kappa shape index (κ2) is 13.3. The quantitative estimate of drug-likeness (QED) is 0.164. The minimum Gasteiger partial charge on any atom is -0.493 e. The van der Waals surface area contributed by atoms with Gasteiger partial charge in [-0.15, -0.1) is 0 Å². The van der Waals surface area contributed by atoms with Crippen LogP contribution in [0.4, 0.5) is 13.2 Å². The van der Waals surface area contributed by atoms with E-state index in [9.17, 15) is 22.8 Å². The van der Waals surface area contributed by atoms with Crippen LogP contribution in [-0.2, 0) is 38.8 Å². The molecule has 2 bridgehead atoms. The standard InChI is InChI=1S/C41H45F3N2O5/c1-26(2)25-46(35(48)16-13-29-11-8-12-31(23-29)41(42,43)44)32-17-19-40(51-27(3)47)34-24-30-14-15-33(49-4)37-36(30)39(40,38(32)50-37)20-22-45(34)21-18-28-9-6-5-7-10-28/h5-16,23,26,32,34,38H,17-22,24-25H2,1-4H3/t32?,34-,38?,39+,40-/m1/s1. The van der Waals surface area contributed by atoms with Crippen LogP contribution in [0, 0.1) is 5.92 Å². The highest BCUT2D eigenvalue weighted by Gasteiger charge is 2.75. The molecule has 3 aromatic rings. The first-order chi connectivity index (χ1) is 24.4. The van der Waals surface area contributed by atoms with Gasteiger partial charge in [-0.2, -0.15) is 13.2 Å². The summed E-state index contributed by atoms with van der Waals surface area (Å²) in [4.78, 5) is 31.7. The van der Waals surface area contributed by atoms with Crippen molar-refractivity contribution in [3.05, 3.63) is 101 Å². The number of rotatable bonds is 10. The first-order valence-electron chi connectivity index (χ1n) is 17.9. The maximum absolute atomic E-state index is 14.2. The van der Waals surface area contributed by atoms with Crippen LogP contribution in [0.3, 0.4) is 0 Å². The van der Waals surface area contributed by atoms with Gasteiger partial charge < -0.3 is 19.1 Å². The highest BCUT2D eigenvalue weighted by Crippen LogP contribution is 2.67. The molecule has 1 saturated carbocycles. The number of methoxy groups -OCH3 is 1. The highest BCUT2D eigenvalue weighted by atomic mass is 19.4. The molecule has 270 valence electrons. The molecule has 7 nitrogen and oxygen atoms in total. The average Bonchev–Trinajstić information content (AvgIpc) is 3.45. The van der Waals surface area contributed by atoms with E-state index in [2.05, 4.69) is 23.1 Å². The monoisotopic (exact) mass is 702 g/mol. The molecule has 2 aliphatic carbocycles. The van der Waals surface area contributed by atoms with Gasteiger partial charge in [-0.05, 0) is 85.5 Å². The number of benzene rings is 3. The van der Waals surface area contributed by atoms with Crippen molar-refractivity contribution < 1.29 is 37.0 Å². The number of carbonyl (C=O) groups excluding carboxylic acids is 2. The van der Waals surface area contributed by atoms with Crippen LogP contribution in [0.25, 0.3) is 6.08 Å². The number of likely N-dealkylation sites (tertiary alicyclic amines) is 1. The topological polar surface area (TPSA) is 68.3 Å². The summed E-state index contributed by atoms with van der Waals surface area (Å²) in [6.07, 6.45) is 1.03. The van der Waals surface area contributed by atoms with E-state index in [1.54, 1.807) is 13.2 Å². The maximum Gasteiger partial charge on any atom is 0.416 e. The third-order valence-corrected chi connectivity index (χ3v) is 11.4. The Hall–Kier alpha value is -4.31. The lowest BCUT2D eigenvalue weighted by Gasteiger charge is -2.65. The second-order valence-corrected chi connectivity index (χ2v) is 14.8. The van der Waals surface area contributed by atoms with Crippen molar-refractivity contribution in [2.75, 3.05) is 26.7 Å². The van der Waals surface area contributed by atoms with E-state index < -0.39 is 34.9 Å². The summed E-state index contributed by atoms with van der Waals surface area (Å²) in [6, 6.07) is 18.9. The van der Waals surface area contributed by atoms with Gasteiger partial charge in [0.15, 0.2) is 11.5 Å². The molecule has 1 amide bonds. The Kier molecular flexibility index (Phi) is 9.19. The predicted octanol–water partition coefficient (Wildman–Crippen LogP) is 7.25. The van der Waals surface area contributed by atoms with E-state index in [0.29, 0.717) is 43.7 Å². The lowest BCUT2D eigenvalue weighted by Crippen LogP contribution is -2.79. The fourth-order valence-corrected chi connectivity index (χ4v) is 9.56. The Morgan fingerprint density at radius 1 is 1.08 bits per heavy atom. The van der Waals surface area contributed by atoms with Crippen LogP contribution in [0.1, 0.15) is 67.9 Å². The first kappa shape index (κ1) is 35.1. The molecular weight excluding hydrogens is 657 g/mol. The highest BCUT2D eigenvalue weighted by molar-refractivity contribution is 5.92. The normalized spacial score (nSPS) is 26.5. The average molecular weight is 703 g/mol. The van der Waals surface area contributed by atoms with Crippen LogP contribution in [0.2, 0.25) is 0 Å². The van der Waals surface area contributed by atoms with Crippen LogP contribution < -0.4 is 9.47 Å². The van der Waals surface area contributed by atoms with Gasteiger partial charge in [-0.1, -0.05) is 62.4 Å². The Morgan fingerprint density at radius 3 is 2.57 bits per heavy atom. The van der Waals surface area contributed by atoms with Crippen LogP contribution >= 0.6 is 0 Å². The molecule has 4 aliphatic rings. The molecule has 1 spiro atoms. The van der Waals surface area contributed by atoms with Gasteiger partial charge in [-0.3, -0.25) is 14.5 Å². The van der Waals surface area contributed by atoms with Gasteiger partial charge in [0.25, 0.3) is 0 Å². The fourth-order valence-electron chi connectivity index (χ4n) is 9.56. The molecule has 1 saturated heterocycles. The molecule has 3 aromatic carbocycles. The lowest BCUT2D eigenvalue weighted by molar-refractivity contribution is -0.224. The summed E-state index contributed by atoms with van der Waals surface area (Å²) >= 11 is 0. The summed E-state index contributed by atoms with van der Waals surface area (Å²) < 4.78 is 59.9. The fraction of sp³-hybridized carbons (Fsp3) is 0.463. The minimum atomic E-state index is -4.49. The van der Waals surface area contributed by atoms with Gasteiger partial charge in [0, 0.05) is 31.7 Å². The molecular formula is C41H45F3N2O5. The molecule has 0 N–H and O–H groups in total. The predicted molar refractivity (Wildman–Crippen MR) is 187 cm³/mol. The van der Waals surface area contributed by atoms with Gasteiger partial charge in [0.2, 0.25) is 5.91 Å². The molecule has 2 unspecified atom stereocenters. The van der Waals surface area contributed by atoms with Crippen molar-refractivity contribution >= 4 is 18.0 Å². The zero-order valence-corrected chi connectivity index (χ0v) is 29.5. The summed E-state index contributed by atoms with van der Waals surface area (Å²) in [5, 5.41) is 0. The number of esters is 1. The number of hydrogen-bond acceptors (Lipinski definition) is 6. The number of piperidine rings is 1. The molecule has 2 aliphatic heterocycles. The minimum absolute atomic E-state index is 0.0985. The lowest BCUT2D eigenvalue weighted by atomic mass is 9.48. The molecule has 2 fully saturated rings. The summed E-state index contributed by atoms with van der Waals surface area (Å²) in [5.74, 6) is 0.698. The van der Waals surface area contributed by atoms with E-state index >= 15 is 0 Å². The molecule has 7 rings (SSSR count). The van der Waals surface area contributed by atoms with E-state index in [-0.39, 0.29) is 29.4 Å². The Labute approximate surface area is 297 Å². The van der Waals surface area contributed by atoms with Crippen molar-refractivity contribution in [2.24, 2.45) is 5.92 Å². The maximum atomic E-state index is 14.2. The largest absolute Gasteiger partial charge is 0.493 e. The first-order valence-corrected chi connectivity index (χ1v) is 17.9. The SMILES string of the molecule is COc1ccc2c3c1OC1C(N(CC(C)C)C(=O)C=Cc4cccc(C(F)(F)F)c4)CC[C@@]4(OC(C)=O)[C@@H](C2)N(CCc2ccccc2)CC[C@]314. The Morgan fingerprint density at radius 2 is 1.86 bits per heavy atom. The third-order valence-electron chi connectivity index (χ3n) is 11.4. The molecule has 0 radical (unpaired) electrons. The summed E-state index contributed by atoms with van der Waals surface area (Å²) in [5.41, 5.74) is 1.27. The molecule has 2 heterocycles. The number of ether oxygens (including phenoxy) is 3. The van der Waals surface area contributed by atoms with Crippen LogP contribution in [0.5, 0.6) is 11.5 Å². The second-order valence-electron chi connectivity index (χ2n) is 14.8. The zero-order valence-electron chi connectivity index (χ0n) is 29.5. The smallest absolute Gasteiger partial charge is 0.416 e. The van der Waals surface area contributed by atoms with Gasteiger partial charge in [0.1, 0.15) is 11.7 Å². The number of alkyl halides is 3. The molecule has 51 heavy (non-hydrogen) atoms. The number of amides is 1. The van der Waals surface area contributed by atoms with E-state index in [1.165, 1.54) is 30.7 Å². The number of nitrogens with zero attached hydrogens (tertiary/aromatic N) is 2. The van der Waals surface area contributed by atoms with E-state index in [0.717, 1.165) is 42.8 Å². The summed E-state index contributed by atoms with van der Waals surface area (Å²) in [6.45, 7) is 7.53. The van der Waals surface area contributed by atoms with Crippen molar-refractivity contribution in [3.8, 4) is 11.5 Å². The molecule has 5 atom stereocenters. The molecule has 10 heteroatoms. The number of hydrogen-bond donors (Lipinski definition) is 0. The van der Waals surface area contributed by atoms with E-state index in [1.807, 2.05) is 43.0 Å². The Balaban J connectivity index is 1.29. The van der Waals surface area contributed by atoms with Gasteiger partial charge >= 0.3 is 12.1 Å². The van der Waals surface area contributed by atoms with Gasteiger partial charge in [0.05, 0.1) is 30.2 Å². The Bertz CT molecular complexity index is 1830. The van der Waals surface area contributed by atoms with Crippen molar-refractivity contribution in [1.82, 2.24) is 9.80 Å². The van der Waals surface area contributed by atoms with Crippen molar-refractivity contribution in [1.29, 1.82) is 0 Å². The zero-order chi connectivity index (χ0) is 36.1.